The number of pyridine rings is 1. The van der Waals surface area contributed by atoms with Gasteiger partial charge >= 0.3 is 0 Å². The molecule has 3 amide bonds. The molecule has 110 valence electrons. The number of nitrogens with zero attached hydrogens (tertiary/aromatic N) is 2. The molecule has 0 bridgehead atoms. The standard InChI is InChI=1S/C16H13N3O3/c20-14-4-3-13(15(21)18-14)19-8-10-7-12-9(2-1-5-17-12)6-11(10)16(19)22/h1-2,5-7,13H,3-4,8H2,(H,18,20,21). The van der Waals surface area contributed by atoms with Crippen LogP contribution in [0.1, 0.15) is 28.8 Å². The molecule has 1 atom stereocenters. The molecule has 0 aliphatic carbocycles. The van der Waals surface area contributed by atoms with Gasteiger partial charge in [-0.15, -0.1) is 0 Å². The molecule has 2 aromatic rings. The molecule has 4 rings (SSSR count). The van der Waals surface area contributed by atoms with Crippen LogP contribution in [0, 0.1) is 0 Å². The van der Waals surface area contributed by atoms with Crippen molar-refractivity contribution in [3.05, 3.63) is 41.6 Å². The Labute approximate surface area is 126 Å². The second kappa shape index (κ2) is 4.62. The largest absolute Gasteiger partial charge is 0.322 e. The fraction of sp³-hybridized carbons (Fsp3) is 0.250. The Bertz CT molecular complexity index is 830. The average Bonchev–Trinajstić information content (AvgIpc) is 2.82. The number of carbonyl (C=O) groups excluding carboxylic acids is 3. The van der Waals surface area contributed by atoms with Crippen molar-refractivity contribution in [3.8, 4) is 0 Å². The molecule has 22 heavy (non-hydrogen) atoms. The Morgan fingerprint density at radius 1 is 1.23 bits per heavy atom. The molecule has 3 heterocycles. The van der Waals surface area contributed by atoms with E-state index in [1.165, 1.54) is 0 Å². The molecule has 0 saturated carbocycles. The van der Waals surface area contributed by atoms with E-state index in [0.717, 1.165) is 16.5 Å². The summed E-state index contributed by atoms with van der Waals surface area (Å²) in [5, 5.41) is 3.20. The number of fused-ring (bicyclic) bond motifs is 2. The van der Waals surface area contributed by atoms with Gasteiger partial charge in [0.2, 0.25) is 11.8 Å². The van der Waals surface area contributed by atoms with Crippen LogP contribution in [0.2, 0.25) is 0 Å². The van der Waals surface area contributed by atoms with E-state index in [9.17, 15) is 14.4 Å². The third-order valence-corrected chi connectivity index (χ3v) is 4.25. The lowest BCUT2D eigenvalue weighted by atomic mass is 10.0. The van der Waals surface area contributed by atoms with Crippen LogP contribution in [0.4, 0.5) is 0 Å². The maximum absolute atomic E-state index is 12.6. The molecular weight excluding hydrogens is 282 g/mol. The fourth-order valence-electron chi connectivity index (χ4n) is 3.13. The summed E-state index contributed by atoms with van der Waals surface area (Å²) in [7, 11) is 0. The lowest BCUT2D eigenvalue weighted by Gasteiger charge is -2.29. The Hall–Kier alpha value is -2.76. The van der Waals surface area contributed by atoms with Crippen LogP contribution in [0.3, 0.4) is 0 Å². The van der Waals surface area contributed by atoms with Crippen LogP contribution in [0.15, 0.2) is 30.5 Å². The second-order valence-corrected chi connectivity index (χ2v) is 5.61. The number of nitrogens with one attached hydrogen (secondary N) is 1. The molecule has 1 aromatic carbocycles. The molecular formula is C16H13N3O3. The summed E-state index contributed by atoms with van der Waals surface area (Å²) in [5.74, 6) is -0.823. The van der Waals surface area contributed by atoms with Gasteiger partial charge in [0.1, 0.15) is 6.04 Å². The molecule has 1 N–H and O–H groups in total. The Balaban J connectivity index is 1.71. The Morgan fingerprint density at radius 3 is 2.91 bits per heavy atom. The van der Waals surface area contributed by atoms with Crippen LogP contribution in [-0.2, 0) is 16.1 Å². The van der Waals surface area contributed by atoms with Gasteiger partial charge in [-0.3, -0.25) is 24.7 Å². The predicted molar refractivity (Wildman–Crippen MR) is 77.8 cm³/mol. The number of hydrogen-bond donors (Lipinski definition) is 1. The van der Waals surface area contributed by atoms with Gasteiger partial charge in [-0.05, 0) is 30.2 Å². The van der Waals surface area contributed by atoms with E-state index in [2.05, 4.69) is 10.3 Å². The maximum atomic E-state index is 12.6. The van der Waals surface area contributed by atoms with Crippen molar-refractivity contribution in [1.29, 1.82) is 0 Å². The van der Waals surface area contributed by atoms with E-state index in [0.29, 0.717) is 18.5 Å². The molecule has 0 spiro atoms. The number of aromatic nitrogens is 1. The first kappa shape index (κ1) is 12.9. The third-order valence-electron chi connectivity index (χ3n) is 4.25. The van der Waals surface area contributed by atoms with Crippen molar-refractivity contribution >= 4 is 28.6 Å². The van der Waals surface area contributed by atoms with E-state index in [4.69, 9.17) is 0 Å². The molecule has 6 heteroatoms. The second-order valence-electron chi connectivity index (χ2n) is 5.61. The van der Waals surface area contributed by atoms with Gasteiger partial charge in [-0.1, -0.05) is 6.07 Å². The van der Waals surface area contributed by atoms with Crippen LogP contribution < -0.4 is 5.32 Å². The molecule has 1 fully saturated rings. The Morgan fingerprint density at radius 2 is 2.09 bits per heavy atom. The fourth-order valence-corrected chi connectivity index (χ4v) is 3.13. The normalized spacial score (nSPS) is 21.2. The first-order valence-electron chi connectivity index (χ1n) is 7.16. The van der Waals surface area contributed by atoms with Gasteiger partial charge < -0.3 is 4.90 Å². The van der Waals surface area contributed by atoms with E-state index in [1.54, 1.807) is 11.1 Å². The summed E-state index contributed by atoms with van der Waals surface area (Å²) in [6.07, 6.45) is 2.35. The Kier molecular flexibility index (Phi) is 2.72. The highest BCUT2D eigenvalue weighted by Crippen LogP contribution is 2.30. The smallest absolute Gasteiger partial charge is 0.255 e. The molecule has 1 unspecified atom stereocenters. The van der Waals surface area contributed by atoms with Gasteiger partial charge in [0.15, 0.2) is 0 Å². The number of benzene rings is 1. The van der Waals surface area contributed by atoms with E-state index < -0.39 is 6.04 Å². The first-order chi connectivity index (χ1) is 10.6. The number of carbonyl (C=O) groups is 3. The van der Waals surface area contributed by atoms with Crippen molar-refractivity contribution in [2.24, 2.45) is 0 Å². The van der Waals surface area contributed by atoms with E-state index in [1.807, 2.05) is 24.3 Å². The van der Waals surface area contributed by atoms with Gasteiger partial charge in [0, 0.05) is 30.1 Å². The molecule has 1 aromatic heterocycles. The zero-order valence-electron chi connectivity index (χ0n) is 11.7. The number of imide groups is 1. The van der Waals surface area contributed by atoms with Crippen LogP contribution in [0.5, 0.6) is 0 Å². The topological polar surface area (TPSA) is 79.4 Å². The summed E-state index contributed by atoms with van der Waals surface area (Å²) in [4.78, 5) is 41.7. The van der Waals surface area contributed by atoms with E-state index in [-0.39, 0.29) is 24.1 Å². The minimum absolute atomic E-state index is 0.157. The maximum Gasteiger partial charge on any atom is 0.255 e. The number of rotatable bonds is 1. The van der Waals surface area contributed by atoms with Crippen molar-refractivity contribution in [2.45, 2.75) is 25.4 Å². The van der Waals surface area contributed by atoms with Gasteiger partial charge in [-0.2, -0.15) is 0 Å². The summed E-state index contributed by atoms with van der Waals surface area (Å²) < 4.78 is 0. The minimum atomic E-state index is -0.575. The van der Waals surface area contributed by atoms with Gasteiger partial charge in [-0.25, -0.2) is 0 Å². The summed E-state index contributed by atoms with van der Waals surface area (Å²) in [6.45, 7) is 0.382. The lowest BCUT2D eigenvalue weighted by Crippen LogP contribution is -2.52. The average molecular weight is 295 g/mol. The zero-order valence-corrected chi connectivity index (χ0v) is 11.7. The summed E-state index contributed by atoms with van der Waals surface area (Å²) in [5.41, 5.74) is 2.32. The van der Waals surface area contributed by atoms with Crippen molar-refractivity contribution < 1.29 is 14.4 Å². The molecule has 2 aliphatic heterocycles. The number of piperidine rings is 1. The number of amides is 3. The van der Waals surface area contributed by atoms with Gasteiger partial charge in [0.25, 0.3) is 5.91 Å². The predicted octanol–water partition coefficient (Wildman–Crippen LogP) is 0.996. The van der Waals surface area contributed by atoms with E-state index >= 15 is 0 Å². The molecule has 1 saturated heterocycles. The summed E-state index contributed by atoms with van der Waals surface area (Å²) >= 11 is 0. The zero-order chi connectivity index (χ0) is 15.3. The highest BCUT2D eigenvalue weighted by molar-refractivity contribution is 6.06. The molecule has 2 aliphatic rings. The SMILES string of the molecule is O=C1CCC(N2Cc3cc4ncccc4cc3C2=O)C(=O)N1. The van der Waals surface area contributed by atoms with Crippen LogP contribution in [-0.4, -0.2) is 33.6 Å². The van der Waals surface area contributed by atoms with Crippen LogP contribution >= 0.6 is 0 Å². The van der Waals surface area contributed by atoms with Crippen LogP contribution in [0.25, 0.3) is 10.9 Å². The minimum Gasteiger partial charge on any atom is -0.322 e. The molecule has 6 nitrogen and oxygen atoms in total. The highest BCUT2D eigenvalue weighted by atomic mass is 16.2. The summed E-state index contributed by atoms with van der Waals surface area (Å²) in [6, 6.07) is 6.88. The quantitative estimate of drug-likeness (QED) is 0.796. The van der Waals surface area contributed by atoms with Crippen molar-refractivity contribution in [3.63, 3.8) is 0 Å². The number of hydrogen-bond acceptors (Lipinski definition) is 4. The first-order valence-corrected chi connectivity index (χ1v) is 7.16. The highest BCUT2D eigenvalue weighted by Gasteiger charge is 2.39. The van der Waals surface area contributed by atoms with Gasteiger partial charge in [0.05, 0.1) is 5.52 Å². The lowest BCUT2D eigenvalue weighted by molar-refractivity contribution is -0.136. The monoisotopic (exact) mass is 295 g/mol. The molecule has 0 radical (unpaired) electrons. The van der Waals surface area contributed by atoms with Crippen molar-refractivity contribution in [2.75, 3.05) is 0 Å². The van der Waals surface area contributed by atoms with Crippen molar-refractivity contribution in [1.82, 2.24) is 15.2 Å². The third kappa shape index (κ3) is 1.88.